The van der Waals surface area contributed by atoms with E-state index in [1.54, 1.807) is 10.6 Å². The molecule has 32 heteroatoms. The molecule has 0 aromatic rings. The second kappa shape index (κ2) is 46.0. The Kier molecular flexibility index (Phi) is 37.7. The Labute approximate surface area is 902 Å². The summed E-state index contributed by atoms with van der Waals surface area (Å²) >= 11 is 0. The first-order chi connectivity index (χ1) is 68.2. The number of rotatable bonds is 39. The molecule has 148 heavy (non-hydrogen) atoms. The van der Waals surface area contributed by atoms with Crippen LogP contribution in [0.25, 0.3) is 0 Å². The molecule has 12 heterocycles. The van der Waals surface area contributed by atoms with Gasteiger partial charge >= 0.3 is 0 Å². The minimum absolute atomic E-state index is 0.000377. The van der Waals surface area contributed by atoms with E-state index in [1.807, 2.05) is 10.6 Å². The number of nitrogens with one attached hydrogen (secondary N) is 10. The number of hydrogen-bond donors (Lipinski definition) is 10. The molecule has 0 spiro atoms. The van der Waals surface area contributed by atoms with Gasteiger partial charge in [0.25, 0.3) is 0 Å². The monoisotopic (exact) mass is 2070 g/mol. The Morgan fingerprint density at radius 1 is 0.284 bits per heavy atom. The molecule has 12 aliphatic rings. The van der Waals surface area contributed by atoms with Gasteiger partial charge in [-0.15, -0.1) is 0 Å². The molecule has 12 rings (SSSR count). The Hall–Kier alpha value is -5.40. The van der Waals surface area contributed by atoms with Crippen LogP contribution < -0.4 is 54.0 Å². The third kappa shape index (κ3) is 29.3. The number of likely N-dealkylation sites (tertiary alicyclic amines) is 8. The van der Waals surface area contributed by atoms with Gasteiger partial charge in [-0.3, -0.25) is 122 Å². The van der Waals surface area contributed by atoms with Crippen molar-refractivity contribution in [2.75, 3.05) is 95.6 Å². The summed E-state index contributed by atoms with van der Waals surface area (Å²) in [4.78, 5) is 78.6. The number of nitrogens with zero attached hydrogens (tertiary/aromatic N) is 18. The van der Waals surface area contributed by atoms with E-state index in [0.717, 1.165) is 207 Å². The van der Waals surface area contributed by atoms with Crippen LogP contribution >= 0.6 is 0 Å². The molecule has 4 unspecified atom stereocenters. The van der Waals surface area contributed by atoms with E-state index in [9.17, 15) is 0 Å². The third-order valence-electron chi connectivity index (χ3n) is 39.2. The van der Waals surface area contributed by atoms with E-state index in [4.69, 9.17) is 39.3 Å². The average Bonchev–Trinajstić information content (AvgIpc) is 0.769. The van der Waals surface area contributed by atoms with Crippen LogP contribution in [0.1, 0.15) is 416 Å². The van der Waals surface area contributed by atoms with Gasteiger partial charge in [-0.05, 0) is 464 Å². The molecular formula is C116H222N28O4. The summed E-state index contributed by atoms with van der Waals surface area (Å²) in [7, 11) is 18.3. The average molecular weight is 2070 g/mol. The van der Waals surface area contributed by atoms with E-state index >= 15 is 0 Å². The second-order valence-corrected chi connectivity index (χ2v) is 58.0. The van der Waals surface area contributed by atoms with Gasteiger partial charge in [-0.25, -0.2) is 0 Å². The second-order valence-electron chi connectivity index (χ2n) is 58.0. The van der Waals surface area contributed by atoms with Crippen LogP contribution in [0, 0.1) is 23.7 Å². The summed E-state index contributed by atoms with van der Waals surface area (Å²) in [6.07, 6.45) is 33.0. The molecule has 4 atom stereocenters. The van der Waals surface area contributed by atoms with Crippen molar-refractivity contribution in [2.45, 2.75) is 553 Å². The smallest absolute Gasteiger partial charge is 0.142 e. The number of amidine groups is 4. The Morgan fingerprint density at radius 3 is 0.804 bits per heavy atom. The Bertz CT molecular complexity index is 4500. The fraction of sp³-hybridized carbons (Fsp3) is 0.897. The van der Waals surface area contributed by atoms with E-state index < -0.39 is 0 Å². The first kappa shape index (κ1) is 121. The molecule has 850 valence electrons. The van der Waals surface area contributed by atoms with Gasteiger partial charge in [0.15, 0.2) is 0 Å². The summed E-state index contributed by atoms with van der Waals surface area (Å²) in [6.45, 7) is 89.2. The van der Waals surface area contributed by atoms with Gasteiger partial charge in [-0.1, -0.05) is 53.4 Å². The highest BCUT2D eigenvalue weighted by molar-refractivity contribution is 5.95. The minimum atomic E-state index is -0.156. The highest BCUT2D eigenvalue weighted by Crippen LogP contribution is 2.51. The van der Waals surface area contributed by atoms with Crippen LogP contribution in [0.2, 0.25) is 0 Å². The summed E-state index contributed by atoms with van der Waals surface area (Å²) < 4.78 is 0. The van der Waals surface area contributed by atoms with Crippen molar-refractivity contribution in [1.29, 1.82) is 0 Å². The number of aliphatic imine (C=N–C) groups is 4. The molecule has 0 aromatic heterocycles. The highest BCUT2D eigenvalue weighted by Gasteiger charge is 2.55. The van der Waals surface area contributed by atoms with Crippen molar-refractivity contribution < 1.29 is 19.4 Å². The van der Waals surface area contributed by atoms with Gasteiger partial charge in [0.1, 0.15) is 46.6 Å². The minimum Gasteiger partial charge on any atom is -0.371 e. The van der Waals surface area contributed by atoms with Crippen LogP contribution in [-0.4, -0.2) is 326 Å². The molecule has 8 fully saturated rings. The van der Waals surface area contributed by atoms with Crippen LogP contribution in [0.3, 0.4) is 0 Å². The predicted molar refractivity (Wildman–Crippen MR) is 612 cm³/mol. The highest BCUT2D eigenvalue weighted by atomic mass is 16.8. The lowest BCUT2D eigenvalue weighted by Crippen LogP contribution is -2.64. The molecule has 0 amide bonds. The van der Waals surface area contributed by atoms with Crippen molar-refractivity contribution in [2.24, 2.45) is 43.6 Å². The fourth-order valence-electron chi connectivity index (χ4n) is 29.1. The van der Waals surface area contributed by atoms with E-state index in [2.05, 4.69) is 433 Å². The Balaban J connectivity index is 0.987. The number of hydrogen-bond acceptors (Lipinski definition) is 28. The Morgan fingerprint density at radius 2 is 0.520 bits per heavy atom. The molecule has 0 radical (unpaired) electrons. The van der Waals surface area contributed by atoms with Crippen LogP contribution in [0.5, 0.6) is 0 Å². The van der Waals surface area contributed by atoms with E-state index in [0.29, 0.717) is 69.4 Å². The molecule has 0 aromatic carbocycles. The quantitative estimate of drug-likeness (QED) is 0.0257. The first-order valence-corrected chi connectivity index (χ1v) is 58.2. The zero-order chi connectivity index (χ0) is 110. The van der Waals surface area contributed by atoms with Crippen LogP contribution in [0.4, 0.5) is 0 Å². The van der Waals surface area contributed by atoms with Crippen molar-refractivity contribution in [3.05, 3.63) is 47.6 Å². The molecule has 0 bridgehead atoms. The first-order valence-electron chi connectivity index (χ1n) is 58.2. The zero-order valence-electron chi connectivity index (χ0n) is 103. The summed E-state index contributed by atoms with van der Waals surface area (Å²) in [6, 6.07) is 0.355. The SMILES string of the molecule is CCCC(N=C1C=C(NCCCN(CCN(CCCN=C2C=C(NC(CCC)C3CC(C)(C)N(C)C(C)(C)C3)NN(OC3CC(C)(C)N(C)C(C)(C)C3)N2)C2=CC(=NC(CCC)C3CC(C)(C)N(C)C(C)(C)C3)NN(OC3CC(C)(C)N(C)C(C)(C)C3)N2)C2=CC(=NC(CCC)C3CC(C)(C)N(C)C(C)(C)C3)NN(OC3CC(C)(C)N(C)C(C)(C)C3)N2)NN(OC2CC(C)(C)N(C)C(C)(C)C2)N1)C1CC(C)(C)N(C)C(C)(C)C1. The molecule has 0 aliphatic carbocycles. The molecular weight excluding hydrogens is 1850 g/mol. The number of piperidine rings is 8. The van der Waals surface area contributed by atoms with Gasteiger partial charge in [0.05, 0.1) is 42.5 Å². The zero-order valence-corrected chi connectivity index (χ0v) is 103. The van der Waals surface area contributed by atoms with Gasteiger partial charge in [-0.2, -0.15) is 0 Å². The number of hydrazine groups is 8. The van der Waals surface area contributed by atoms with Crippen molar-refractivity contribution in [3.8, 4) is 0 Å². The molecule has 12 aliphatic heterocycles. The molecule has 8 saturated heterocycles. The van der Waals surface area contributed by atoms with Crippen molar-refractivity contribution >= 4 is 23.3 Å². The van der Waals surface area contributed by atoms with Gasteiger partial charge in [0.2, 0.25) is 0 Å². The maximum Gasteiger partial charge on any atom is 0.142 e. The fourth-order valence-corrected chi connectivity index (χ4v) is 29.1. The maximum absolute atomic E-state index is 7.51. The lowest BCUT2D eigenvalue weighted by molar-refractivity contribution is -0.272. The summed E-state index contributed by atoms with van der Waals surface area (Å²) in [5.41, 5.74) is 29.4. The lowest BCUT2D eigenvalue weighted by Gasteiger charge is -2.55. The predicted octanol–water partition coefficient (Wildman–Crippen LogP) is 18.4. The molecule has 32 nitrogen and oxygen atoms in total. The third-order valence-corrected chi connectivity index (χ3v) is 39.2. The lowest BCUT2D eigenvalue weighted by atomic mass is 9.70. The normalized spacial score (nSPS) is 29.2. The van der Waals surface area contributed by atoms with Crippen molar-refractivity contribution in [1.82, 2.24) is 124 Å². The standard InChI is InChI=1S/C116H222N28O4/c1-45-51-89(81-65-101(5,6)131(37)102(7,8)66-81)119-95-61-93(123-141(125-95)145-85-73-109(21,22)135(41)110(23,24)74-85)117-55-49-57-139(99-63-97(121-91(53-47-3)83-69-105(13,14)133(39)106(15,16)70-83)127-143(129-99)147-87-77-113(29,30)137(43)114(31,32)78-87)59-60-140(100-64-98(122-92(54-48-4)84-71-107(17,18)134(40)108(19,20)72-84)128-144(130-100)148-88-79-115(33,34)138(44)116(35,36)80-88)58-50-56-118-94-62-96(120-90(52-46-2)82-67-103(9,10)132(38)104(11,12)68-82)126-142(124-94)146-86-75-111(25,26)136(42)112(27,28)76-86/h61-64,81-92,117,120,123,126,129-130H,45-60,65-80H2,1-44H3,(H,118,124)(H,119,125)(H,121,127)(H,122,128). The van der Waals surface area contributed by atoms with Crippen molar-refractivity contribution in [3.63, 3.8) is 0 Å². The van der Waals surface area contributed by atoms with Gasteiger partial charge < -0.3 is 20.4 Å². The largest absolute Gasteiger partial charge is 0.371 e. The van der Waals surface area contributed by atoms with E-state index in [-0.39, 0.29) is 137 Å². The topological polar surface area (TPSA) is 252 Å². The molecule has 0 saturated carbocycles. The van der Waals surface area contributed by atoms with Gasteiger partial charge in [0, 0.05) is 158 Å². The van der Waals surface area contributed by atoms with Crippen LogP contribution in [0.15, 0.2) is 67.6 Å². The summed E-state index contributed by atoms with van der Waals surface area (Å²) in [5.74, 6) is 8.01. The van der Waals surface area contributed by atoms with Crippen LogP contribution in [-0.2, 0) is 19.4 Å². The summed E-state index contributed by atoms with van der Waals surface area (Å²) in [5, 5.41) is 15.4. The maximum atomic E-state index is 7.51. The van der Waals surface area contributed by atoms with E-state index in [1.165, 1.54) is 0 Å². The molecule has 10 N–H and O–H groups in total.